The first-order valence-electron chi connectivity index (χ1n) is 5.85. The summed E-state index contributed by atoms with van der Waals surface area (Å²) in [7, 11) is 0. The van der Waals surface area contributed by atoms with E-state index in [1.807, 2.05) is 10.9 Å². The van der Waals surface area contributed by atoms with Crippen LogP contribution in [0.5, 0.6) is 0 Å². The van der Waals surface area contributed by atoms with Crippen LogP contribution in [0.4, 0.5) is 0 Å². The zero-order valence-electron chi connectivity index (χ0n) is 10.3. The summed E-state index contributed by atoms with van der Waals surface area (Å²) >= 11 is 7.03. The van der Waals surface area contributed by atoms with Crippen LogP contribution in [0.15, 0.2) is 39.5 Å². The minimum absolute atomic E-state index is 0.336. The molecule has 2 rings (SSSR count). The van der Waals surface area contributed by atoms with Crippen molar-refractivity contribution in [2.24, 2.45) is 0 Å². The van der Waals surface area contributed by atoms with E-state index in [9.17, 15) is 0 Å². The second-order valence-electron chi connectivity index (χ2n) is 4.09. The molecule has 1 aromatic carbocycles. The van der Waals surface area contributed by atoms with Gasteiger partial charge < -0.3 is 5.32 Å². The van der Waals surface area contributed by atoms with Crippen molar-refractivity contribution < 1.29 is 0 Å². The maximum atomic E-state index is 4.27. The molecule has 0 saturated carbocycles. The number of aromatic nitrogens is 2. The van der Waals surface area contributed by atoms with E-state index in [1.54, 1.807) is 6.20 Å². The molecule has 0 fully saturated rings. The van der Waals surface area contributed by atoms with Crippen molar-refractivity contribution in [1.29, 1.82) is 0 Å². The van der Waals surface area contributed by atoms with Gasteiger partial charge in [0.15, 0.2) is 0 Å². The number of hydrogen-bond donors (Lipinski definition) is 1. The molecule has 1 heterocycles. The van der Waals surface area contributed by atoms with Crippen LogP contribution in [-0.4, -0.2) is 16.3 Å². The Kier molecular flexibility index (Phi) is 4.59. The second kappa shape index (κ2) is 5.99. The summed E-state index contributed by atoms with van der Waals surface area (Å²) in [6, 6.07) is 6.63. The van der Waals surface area contributed by atoms with Crippen molar-refractivity contribution in [3.63, 3.8) is 0 Å². The monoisotopic (exact) mass is 371 g/mol. The molecule has 18 heavy (non-hydrogen) atoms. The van der Waals surface area contributed by atoms with E-state index in [-0.39, 0.29) is 0 Å². The molecule has 1 aromatic heterocycles. The van der Waals surface area contributed by atoms with Crippen molar-refractivity contribution >= 4 is 31.9 Å². The molecule has 0 aliphatic carbocycles. The molecular formula is C13H15Br2N3. The van der Waals surface area contributed by atoms with E-state index in [1.165, 1.54) is 5.56 Å². The largest absolute Gasteiger partial charge is 0.310 e. The molecule has 0 radical (unpaired) electrons. The third kappa shape index (κ3) is 3.02. The lowest BCUT2D eigenvalue weighted by atomic mass is 10.1. The minimum atomic E-state index is 0.336. The summed E-state index contributed by atoms with van der Waals surface area (Å²) in [5.41, 5.74) is 2.30. The third-order valence-electron chi connectivity index (χ3n) is 2.78. The Morgan fingerprint density at radius 2 is 2.17 bits per heavy atom. The van der Waals surface area contributed by atoms with Crippen LogP contribution in [0.25, 0.3) is 5.69 Å². The Morgan fingerprint density at radius 3 is 2.72 bits per heavy atom. The van der Waals surface area contributed by atoms with Crippen LogP contribution >= 0.6 is 31.9 Å². The normalized spacial score (nSPS) is 12.7. The van der Waals surface area contributed by atoms with Crippen LogP contribution < -0.4 is 5.32 Å². The Labute approximate surface area is 124 Å². The summed E-state index contributed by atoms with van der Waals surface area (Å²) < 4.78 is 3.92. The Hall–Kier alpha value is -0.650. The van der Waals surface area contributed by atoms with Gasteiger partial charge in [0.05, 0.1) is 16.4 Å². The lowest BCUT2D eigenvalue weighted by molar-refractivity contribution is 0.596. The van der Waals surface area contributed by atoms with E-state index in [2.05, 4.69) is 74.3 Å². The summed E-state index contributed by atoms with van der Waals surface area (Å²) in [6.45, 7) is 5.23. The summed E-state index contributed by atoms with van der Waals surface area (Å²) in [4.78, 5) is 0. The smallest absolute Gasteiger partial charge is 0.0657 e. The zero-order valence-corrected chi connectivity index (χ0v) is 13.5. The Bertz CT molecular complexity index is 537. The first-order valence-corrected chi connectivity index (χ1v) is 7.43. The quantitative estimate of drug-likeness (QED) is 0.876. The van der Waals surface area contributed by atoms with Gasteiger partial charge in [0.2, 0.25) is 0 Å². The fourth-order valence-corrected chi connectivity index (χ4v) is 2.86. The van der Waals surface area contributed by atoms with Crippen LogP contribution in [0.3, 0.4) is 0 Å². The SMILES string of the molecule is CCNC(C)c1ccc(-n2cc(Br)cn2)cc1Br. The van der Waals surface area contributed by atoms with Crippen LogP contribution in [0, 0.1) is 0 Å². The molecule has 1 N–H and O–H groups in total. The van der Waals surface area contributed by atoms with Crippen LogP contribution in [-0.2, 0) is 0 Å². The van der Waals surface area contributed by atoms with Crippen LogP contribution in [0.1, 0.15) is 25.5 Å². The van der Waals surface area contributed by atoms with E-state index in [0.29, 0.717) is 6.04 Å². The highest BCUT2D eigenvalue weighted by Crippen LogP contribution is 2.26. The molecule has 5 heteroatoms. The third-order valence-corrected chi connectivity index (χ3v) is 3.87. The molecule has 2 aromatic rings. The molecule has 1 unspecified atom stereocenters. The molecule has 0 saturated heterocycles. The molecular weight excluding hydrogens is 358 g/mol. The van der Waals surface area contributed by atoms with Gasteiger partial charge in [0, 0.05) is 16.7 Å². The van der Waals surface area contributed by atoms with Gasteiger partial charge in [0.25, 0.3) is 0 Å². The standard InChI is InChI=1S/C13H15Br2N3/c1-3-16-9(2)12-5-4-11(6-13(12)15)18-8-10(14)7-17-18/h4-9,16H,3H2,1-2H3. The first-order chi connectivity index (χ1) is 8.61. The lowest BCUT2D eigenvalue weighted by Crippen LogP contribution is -2.18. The van der Waals surface area contributed by atoms with Gasteiger partial charge in [-0.25, -0.2) is 4.68 Å². The van der Waals surface area contributed by atoms with Crippen molar-refractivity contribution in [3.05, 3.63) is 45.1 Å². The maximum absolute atomic E-state index is 4.27. The highest BCUT2D eigenvalue weighted by Gasteiger charge is 2.09. The van der Waals surface area contributed by atoms with Crippen molar-refractivity contribution in [3.8, 4) is 5.69 Å². The number of benzene rings is 1. The van der Waals surface area contributed by atoms with Gasteiger partial charge >= 0.3 is 0 Å². The van der Waals surface area contributed by atoms with Crippen LogP contribution in [0.2, 0.25) is 0 Å². The van der Waals surface area contributed by atoms with Gasteiger partial charge in [-0.2, -0.15) is 5.10 Å². The van der Waals surface area contributed by atoms with Crippen molar-refractivity contribution in [1.82, 2.24) is 15.1 Å². The molecule has 1 atom stereocenters. The minimum Gasteiger partial charge on any atom is -0.310 e. The number of nitrogens with zero attached hydrogens (tertiary/aromatic N) is 2. The lowest BCUT2D eigenvalue weighted by Gasteiger charge is -2.15. The van der Waals surface area contributed by atoms with Crippen molar-refractivity contribution in [2.45, 2.75) is 19.9 Å². The van der Waals surface area contributed by atoms with E-state index in [4.69, 9.17) is 0 Å². The number of halogens is 2. The van der Waals surface area contributed by atoms with Gasteiger partial charge in [0.1, 0.15) is 0 Å². The summed E-state index contributed by atoms with van der Waals surface area (Å²) in [6.07, 6.45) is 3.72. The van der Waals surface area contributed by atoms with Gasteiger partial charge in [-0.1, -0.05) is 28.9 Å². The van der Waals surface area contributed by atoms with E-state index < -0.39 is 0 Å². The van der Waals surface area contributed by atoms with Gasteiger partial charge in [-0.05, 0) is 47.1 Å². The summed E-state index contributed by atoms with van der Waals surface area (Å²) in [5, 5.41) is 7.68. The molecule has 0 aliphatic rings. The Balaban J connectivity index is 2.30. The number of rotatable bonds is 4. The average Bonchev–Trinajstić information content (AvgIpc) is 2.76. The topological polar surface area (TPSA) is 29.9 Å². The number of nitrogens with one attached hydrogen (secondary N) is 1. The Morgan fingerprint density at radius 1 is 1.39 bits per heavy atom. The second-order valence-corrected chi connectivity index (χ2v) is 5.86. The molecule has 0 amide bonds. The van der Waals surface area contributed by atoms with E-state index >= 15 is 0 Å². The molecule has 3 nitrogen and oxygen atoms in total. The molecule has 96 valence electrons. The zero-order chi connectivity index (χ0) is 13.1. The predicted octanol–water partition coefficient (Wildman–Crippen LogP) is 4.07. The number of hydrogen-bond acceptors (Lipinski definition) is 2. The van der Waals surface area contributed by atoms with E-state index in [0.717, 1.165) is 21.2 Å². The highest BCUT2D eigenvalue weighted by molar-refractivity contribution is 9.10. The fourth-order valence-electron chi connectivity index (χ4n) is 1.87. The van der Waals surface area contributed by atoms with Gasteiger partial charge in [-0.15, -0.1) is 0 Å². The fraction of sp³-hybridized carbons (Fsp3) is 0.308. The summed E-state index contributed by atoms with van der Waals surface area (Å²) in [5.74, 6) is 0. The first kappa shape index (κ1) is 13.8. The average molecular weight is 373 g/mol. The molecule has 0 aliphatic heterocycles. The predicted molar refractivity (Wildman–Crippen MR) is 81.1 cm³/mol. The maximum Gasteiger partial charge on any atom is 0.0657 e. The molecule has 0 bridgehead atoms. The van der Waals surface area contributed by atoms with Gasteiger partial charge in [-0.3, -0.25) is 0 Å². The van der Waals surface area contributed by atoms with Crippen molar-refractivity contribution in [2.75, 3.05) is 6.54 Å². The molecule has 0 spiro atoms. The highest BCUT2D eigenvalue weighted by atomic mass is 79.9.